The molecule has 186 valence electrons. The van der Waals surface area contributed by atoms with Gasteiger partial charge in [0.1, 0.15) is 5.75 Å². The van der Waals surface area contributed by atoms with E-state index in [-0.39, 0.29) is 10.6 Å². The lowest BCUT2D eigenvalue weighted by molar-refractivity contribution is -0.137. The Balaban J connectivity index is 1.69. The molecular formula is C24H22ClF3N2O4S. The average Bonchev–Trinajstić information content (AvgIpc) is 2.79. The highest BCUT2D eigenvalue weighted by Crippen LogP contribution is 2.36. The smallest absolute Gasteiger partial charge is 0.417 e. The standard InChI is InChI=1S/C24H22ClF3N2O4S/c1-3-22(34-18-9-4-15(2)5-10-18)23(31)29-16-6-11-19(12-7-16)35(32,33)30-17-8-13-21(25)20(14-17)24(26,27)28/h4-14,22,30H,3H2,1-2H3,(H,29,31)/t22-/m1/s1. The number of anilines is 2. The van der Waals surface area contributed by atoms with Gasteiger partial charge < -0.3 is 10.1 Å². The van der Waals surface area contributed by atoms with E-state index in [2.05, 4.69) is 10.0 Å². The zero-order valence-corrected chi connectivity index (χ0v) is 20.3. The fourth-order valence-corrected chi connectivity index (χ4v) is 4.34. The van der Waals surface area contributed by atoms with Crippen LogP contribution in [-0.4, -0.2) is 20.4 Å². The van der Waals surface area contributed by atoms with Crippen LogP contribution in [0.4, 0.5) is 24.5 Å². The average molecular weight is 527 g/mol. The first-order valence-corrected chi connectivity index (χ1v) is 12.3. The Bertz CT molecular complexity index is 1300. The topological polar surface area (TPSA) is 84.5 Å². The number of ether oxygens (including phenoxy) is 1. The summed E-state index contributed by atoms with van der Waals surface area (Å²) in [6.45, 7) is 3.73. The Hall–Kier alpha value is -3.24. The molecule has 0 saturated carbocycles. The summed E-state index contributed by atoms with van der Waals surface area (Å²) in [7, 11) is -4.20. The third kappa shape index (κ3) is 6.89. The quantitative estimate of drug-likeness (QED) is 0.362. The normalized spacial score (nSPS) is 12.6. The van der Waals surface area contributed by atoms with E-state index in [0.717, 1.165) is 17.7 Å². The first kappa shape index (κ1) is 26.4. The number of aryl methyl sites for hydroxylation is 1. The summed E-state index contributed by atoms with van der Waals surface area (Å²) in [6, 6.07) is 15.1. The Morgan fingerprint density at radius 3 is 2.17 bits per heavy atom. The van der Waals surface area contributed by atoms with Crippen molar-refractivity contribution >= 4 is 38.9 Å². The predicted molar refractivity (Wildman–Crippen MR) is 128 cm³/mol. The number of rotatable bonds is 8. The van der Waals surface area contributed by atoms with Gasteiger partial charge in [-0.1, -0.05) is 36.2 Å². The van der Waals surface area contributed by atoms with Crippen molar-refractivity contribution in [3.05, 3.63) is 82.9 Å². The molecule has 2 N–H and O–H groups in total. The summed E-state index contributed by atoms with van der Waals surface area (Å²) in [5.41, 5.74) is -0.0732. The third-order valence-corrected chi connectivity index (χ3v) is 6.65. The lowest BCUT2D eigenvalue weighted by Crippen LogP contribution is -2.32. The molecule has 3 aromatic rings. The number of carbonyl (C=O) groups is 1. The van der Waals surface area contributed by atoms with Gasteiger partial charge in [0.25, 0.3) is 15.9 Å². The number of carbonyl (C=O) groups excluding carboxylic acids is 1. The molecular weight excluding hydrogens is 505 g/mol. The number of nitrogens with one attached hydrogen (secondary N) is 2. The molecule has 0 aliphatic rings. The molecule has 0 spiro atoms. The summed E-state index contributed by atoms with van der Waals surface area (Å²) in [6.07, 6.45) is -5.11. The Morgan fingerprint density at radius 2 is 1.60 bits per heavy atom. The number of alkyl halides is 3. The highest BCUT2D eigenvalue weighted by molar-refractivity contribution is 7.92. The summed E-state index contributed by atoms with van der Waals surface area (Å²) >= 11 is 5.57. The molecule has 0 radical (unpaired) electrons. The molecule has 0 heterocycles. The van der Waals surface area contributed by atoms with E-state index in [1.54, 1.807) is 19.1 Å². The van der Waals surface area contributed by atoms with Gasteiger partial charge in [0.05, 0.1) is 15.5 Å². The number of sulfonamides is 1. The molecule has 0 aliphatic carbocycles. The lowest BCUT2D eigenvalue weighted by Gasteiger charge is -2.17. The van der Waals surface area contributed by atoms with Crippen LogP contribution in [0.5, 0.6) is 5.75 Å². The van der Waals surface area contributed by atoms with Gasteiger partial charge in [-0.15, -0.1) is 0 Å². The molecule has 3 aromatic carbocycles. The van der Waals surface area contributed by atoms with E-state index in [9.17, 15) is 26.4 Å². The van der Waals surface area contributed by atoms with Crippen LogP contribution >= 0.6 is 11.6 Å². The first-order valence-electron chi connectivity index (χ1n) is 10.4. The highest BCUT2D eigenvalue weighted by Gasteiger charge is 2.33. The maximum Gasteiger partial charge on any atom is 0.417 e. The van der Waals surface area contributed by atoms with Crippen molar-refractivity contribution in [2.45, 2.75) is 37.4 Å². The molecule has 0 saturated heterocycles. The summed E-state index contributed by atoms with van der Waals surface area (Å²) in [5, 5.41) is 2.12. The molecule has 3 rings (SSSR count). The molecule has 11 heteroatoms. The minimum Gasteiger partial charge on any atom is -0.481 e. The summed E-state index contributed by atoms with van der Waals surface area (Å²) in [5.74, 6) is 0.128. The van der Waals surface area contributed by atoms with Crippen LogP contribution in [-0.2, 0) is 21.0 Å². The second kappa shape index (κ2) is 10.6. The second-order valence-electron chi connectivity index (χ2n) is 7.64. The van der Waals surface area contributed by atoms with Crippen molar-refractivity contribution in [2.24, 2.45) is 0 Å². The van der Waals surface area contributed by atoms with Crippen molar-refractivity contribution < 1.29 is 31.1 Å². The zero-order chi connectivity index (χ0) is 25.8. The molecule has 1 amide bonds. The Morgan fingerprint density at radius 1 is 1.00 bits per heavy atom. The van der Waals surface area contributed by atoms with Crippen LogP contribution < -0.4 is 14.8 Å². The van der Waals surface area contributed by atoms with Crippen molar-refractivity contribution in [1.82, 2.24) is 0 Å². The molecule has 0 unspecified atom stereocenters. The van der Waals surface area contributed by atoms with Gasteiger partial charge >= 0.3 is 6.18 Å². The van der Waals surface area contributed by atoms with Gasteiger partial charge in [-0.25, -0.2) is 8.42 Å². The monoisotopic (exact) mass is 526 g/mol. The van der Waals surface area contributed by atoms with Crippen LogP contribution in [0.2, 0.25) is 5.02 Å². The fourth-order valence-electron chi connectivity index (χ4n) is 3.06. The van der Waals surface area contributed by atoms with E-state index < -0.39 is 38.8 Å². The number of benzene rings is 3. The number of hydrogen-bond acceptors (Lipinski definition) is 4. The SMILES string of the molecule is CC[C@@H](Oc1ccc(C)cc1)C(=O)Nc1ccc(S(=O)(=O)Nc2ccc(Cl)c(C(F)(F)F)c2)cc1. The van der Waals surface area contributed by atoms with Gasteiger partial charge in [-0.05, 0) is 67.9 Å². The van der Waals surface area contributed by atoms with Gasteiger partial charge in [-0.2, -0.15) is 13.2 Å². The molecule has 6 nitrogen and oxygen atoms in total. The van der Waals surface area contributed by atoms with Crippen molar-refractivity contribution in [3.8, 4) is 5.75 Å². The molecule has 35 heavy (non-hydrogen) atoms. The van der Waals surface area contributed by atoms with Crippen LogP contribution in [0.1, 0.15) is 24.5 Å². The lowest BCUT2D eigenvalue weighted by atomic mass is 10.2. The zero-order valence-electron chi connectivity index (χ0n) is 18.7. The largest absolute Gasteiger partial charge is 0.481 e. The van der Waals surface area contributed by atoms with Crippen molar-refractivity contribution in [1.29, 1.82) is 0 Å². The van der Waals surface area contributed by atoms with E-state index in [1.807, 2.05) is 19.1 Å². The number of halogens is 4. The first-order chi connectivity index (χ1) is 16.4. The van der Waals surface area contributed by atoms with Gasteiger partial charge in [0, 0.05) is 11.4 Å². The molecule has 0 bridgehead atoms. The van der Waals surface area contributed by atoms with E-state index in [0.29, 0.717) is 23.9 Å². The predicted octanol–water partition coefficient (Wildman–Crippen LogP) is 6.26. The van der Waals surface area contributed by atoms with Crippen LogP contribution in [0.25, 0.3) is 0 Å². The maximum atomic E-state index is 13.0. The van der Waals surface area contributed by atoms with Gasteiger partial charge in [-0.3, -0.25) is 9.52 Å². The number of amides is 1. The Labute approximate surface area is 206 Å². The Kier molecular flexibility index (Phi) is 7.97. The molecule has 0 fully saturated rings. The fraction of sp³-hybridized carbons (Fsp3) is 0.208. The van der Waals surface area contributed by atoms with E-state index in [1.165, 1.54) is 24.3 Å². The second-order valence-corrected chi connectivity index (χ2v) is 9.73. The van der Waals surface area contributed by atoms with Crippen LogP contribution in [0.15, 0.2) is 71.6 Å². The molecule has 0 aliphatic heterocycles. The molecule has 1 atom stereocenters. The van der Waals surface area contributed by atoms with Crippen molar-refractivity contribution in [3.63, 3.8) is 0 Å². The third-order valence-electron chi connectivity index (χ3n) is 4.92. The van der Waals surface area contributed by atoms with Gasteiger partial charge in [0.2, 0.25) is 0 Å². The van der Waals surface area contributed by atoms with Crippen LogP contribution in [0, 0.1) is 6.92 Å². The number of hydrogen-bond donors (Lipinski definition) is 2. The van der Waals surface area contributed by atoms with Crippen LogP contribution in [0.3, 0.4) is 0 Å². The minimum absolute atomic E-state index is 0.207. The van der Waals surface area contributed by atoms with Gasteiger partial charge in [0.15, 0.2) is 6.10 Å². The van der Waals surface area contributed by atoms with Crippen molar-refractivity contribution in [2.75, 3.05) is 10.0 Å². The summed E-state index contributed by atoms with van der Waals surface area (Å²) < 4.78 is 72.2. The minimum atomic E-state index is -4.74. The van der Waals surface area contributed by atoms with E-state index in [4.69, 9.17) is 16.3 Å². The maximum absolute atomic E-state index is 13.0. The molecule has 0 aromatic heterocycles. The van der Waals surface area contributed by atoms with E-state index >= 15 is 0 Å². The highest BCUT2D eigenvalue weighted by atomic mass is 35.5. The summed E-state index contributed by atoms with van der Waals surface area (Å²) in [4.78, 5) is 12.4.